The molecule has 0 aromatic heterocycles. The van der Waals surface area contributed by atoms with Crippen molar-refractivity contribution in [1.82, 2.24) is 5.48 Å². The summed E-state index contributed by atoms with van der Waals surface area (Å²) < 4.78 is 0. The van der Waals surface area contributed by atoms with Gasteiger partial charge < -0.3 is 5.73 Å². The van der Waals surface area contributed by atoms with Crippen molar-refractivity contribution in [2.45, 2.75) is 32.1 Å². The lowest BCUT2D eigenvalue weighted by molar-refractivity contribution is -0.129. The number of unbranched alkanes of at least 4 members (excludes halogenated alkanes) is 3. The number of hydrogen-bond donors (Lipinski definition) is 3. The van der Waals surface area contributed by atoms with Crippen molar-refractivity contribution < 1.29 is 10.0 Å². The van der Waals surface area contributed by atoms with Crippen LogP contribution in [0.1, 0.15) is 32.1 Å². The molecular formula is C7H16N2O2. The van der Waals surface area contributed by atoms with Crippen molar-refractivity contribution in [3.8, 4) is 0 Å². The van der Waals surface area contributed by atoms with Crippen LogP contribution in [0.4, 0.5) is 0 Å². The average Bonchev–Trinajstić information content (AvgIpc) is 2.04. The SMILES string of the molecule is NCCCCCCC(=O)NO. The third kappa shape index (κ3) is 7.29. The van der Waals surface area contributed by atoms with Crippen LogP contribution in [0.5, 0.6) is 0 Å². The smallest absolute Gasteiger partial charge is 0.243 e. The highest BCUT2D eigenvalue weighted by atomic mass is 16.5. The molecule has 4 nitrogen and oxygen atoms in total. The van der Waals surface area contributed by atoms with Crippen LogP contribution < -0.4 is 11.2 Å². The highest BCUT2D eigenvalue weighted by Gasteiger charge is 1.96. The van der Waals surface area contributed by atoms with Gasteiger partial charge >= 0.3 is 0 Å². The van der Waals surface area contributed by atoms with Gasteiger partial charge in [-0.1, -0.05) is 12.8 Å². The van der Waals surface area contributed by atoms with E-state index in [9.17, 15) is 4.79 Å². The van der Waals surface area contributed by atoms with Crippen molar-refractivity contribution in [1.29, 1.82) is 0 Å². The monoisotopic (exact) mass is 160 g/mol. The number of nitrogens with two attached hydrogens (primary N) is 1. The van der Waals surface area contributed by atoms with Crippen molar-refractivity contribution in [2.75, 3.05) is 6.54 Å². The number of carbonyl (C=O) groups excluding carboxylic acids is 1. The van der Waals surface area contributed by atoms with Gasteiger partial charge in [-0.25, -0.2) is 5.48 Å². The molecular weight excluding hydrogens is 144 g/mol. The predicted molar refractivity (Wildman–Crippen MR) is 42.1 cm³/mol. The van der Waals surface area contributed by atoms with Gasteiger partial charge in [-0.15, -0.1) is 0 Å². The van der Waals surface area contributed by atoms with Gasteiger partial charge in [0.2, 0.25) is 5.91 Å². The Morgan fingerprint density at radius 3 is 2.45 bits per heavy atom. The van der Waals surface area contributed by atoms with Crippen LogP contribution in [-0.4, -0.2) is 17.7 Å². The highest BCUT2D eigenvalue weighted by molar-refractivity contribution is 5.74. The second kappa shape index (κ2) is 7.50. The van der Waals surface area contributed by atoms with Crippen LogP contribution in [0.2, 0.25) is 0 Å². The van der Waals surface area contributed by atoms with E-state index in [1.54, 1.807) is 5.48 Å². The molecule has 0 aliphatic heterocycles. The molecule has 0 aliphatic carbocycles. The van der Waals surface area contributed by atoms with Gasteiger partial charge in [-0.05, 0) is 19.4 Å². The van der Waals surface area contributed by atoms with Gasteiger partial charge in [-0.2, -0.15) is 0 Å². The van der Waals surface area contributed by atoms with Crippen LogP contribution in [0.15, 0.2) is 0 Å². The Kier molecular flexibility index (Phi) is 7.08. The summed E-state index contributed by atoms with van der Waals surface area (Å²) in [5.74, 6) is -0.308. The van der Waals surface area contributed by atoms with Crippen molar-refractivity contribution in [2.24, 2.45) is 5.73 Å². The fourth-order valence-corrected chi connectivity index (χ4v) is 0.839. The summed E-state index contributed by atoms with van der Waals surface area (Å²) in [6, 6.07) is 0. The van der Waals surface area contributed by atoms with Crippen LogP contribution in [-0.2, 0) is 4.79 Å². The number of rotatable bonds is 6. The first kappa shape index (κ1) is 10.4. The van der Waals surface area contributed by atoms with E-state index in [4.69, 9.17) is 10.9 Å². The summed E-state index contributed by atoms with van der Waals surface area (Å²) in [6.07, 6.45) is 4.31. The Labute approximate surface area is 66.7 Å². The Morgan fingerprint density at radius 2 is 1.91 bits per heavy atom. The Hall–Kier alpha value is -0.610. The zero-order valence-electron chi connectivity index (χ0n) is 6.68. The molecule has 0 saturated heterocycles. The number of nitrogens with one attached hydrogen (secondary N) is 1. The number of hydrogen-bond acceptors (Lipinski definition) is 3. The minimum atomic E-state index is -0.308. The summed E-state index contributed by atoms with van der Waals surface area (Å²) in [7, 11) is 0. The van der Waals surface area contributed by atoms with Crippen molar-refractivity contribution >= 4 is 5.91 Å². The van der Waals surface area contributed by atoms with E-state index >= 15 is 0 Å². The summed E-state index contributed by atoms with van der Waals surface area (Å²) in [4.78, 5) is 10.5. The molecule has 0 atom stereocenters. The zero-order chi connectivity index (χ0) is 8.53. The minimum absolute atomic E-state index is 0.308. The molecule has 0 saturated carbocycles. The van der Waals surface area contributed by atoms with Crippen LogP contribution >= 0.6 is 0 Å². The second-order valence-corrected chi connectivity index (χ2v) is 2.49. The maximum atomic E-state index is 10.5. The molecule has 0 aliphatic rings. The third-order valence-corrected chi connectivity index (χ3v) is 1.48. The molecule has 0 rings (SSSR count). The first-order valence-electron chi connectivity index (χ1n) is 3.94. The lowest BCUT2D eigenvalue weighted by Gasteiger charge is -1.98. The third-order valence-electron chi connectivity index (χ3n) is 1.48. The van der Waals surface area contributed by atoms with Crippen LogP contribution in [0.3, 0.4) is 0 Å². The molecule has 1 amide bonds. The Balaban J connectivity index is 2.95. The fraction of sp³-hybridized carbons (Fsp3) is 0.857. The van der Waals surface area contributed by atoms with Crippen LogP contribution in [0, 0.1) is 0 Å². The summed E-state index contributed by atoms with van der Waals surface area (Å²) in [5, 5.41) is 8.12. The van der Waals surface area contributed by atoms with E-state index in [-0.39, 0.29) is 5.91 Å². The van der Waals surface area contributed by atoms with Crippen LogP contribution in [0.25, 0.3) is 0 Å². The van der Waals surface area contributed by atoms with Gasteiger partial charge in [0.05, 0.1) is 0 Å². The molecule has 4 heteroatoms. The van der Waals surface area contributed by atoms with E-state index in [0.29, 0.717) is 13.0 Å². The van der Waals surface area contributed by atoms with Gasteiger partial charge in [-0.3, -0.25) is 10.0 Å². The average molecular weight is 160 g/mol. The van der Waals surface area contributed by atoms with Gasteiger partial charge in [0.25, 0.3) is 0 Å². The molecule has 0 spiro atoms. The van der Waals surface area contributed by atoms with E-state index in [1.807, 2.05) is 0 Å². The molecule has 66 valence electrons. The fourth-order valence-electron chi connectivity index (χ4n) is 0.839. The standard InChI is InChI=1S/C7H16N2O2/c8-6-4-2-1-3-5-7(10)9-11/h11H,1-6,8H2,(H,9,10). The number of carbonyl (C=O) groups is 1. The van der Waals surface area contributed by atoms with E-state index in [1.165, 1.54) is 0 Å². The first-order valence-corrected chi connectivity index (χ1v) is 3.94. The van der Waals surface area contributed by atoms with Crippen molar-refractivity contribution in [3.63, 3.8) is 0 Å². The molecule has 0 heterocycles. The zero-order valence-corrected chi connectivity index (χ0v) is 6.68. The molecule has 11 heavy (non-hydrogen) atoms. The Morgan fingerprint density at radius 1 is 1.27 bits per heavy atom. The molecule has 0 fully saturated rings. The summed E-state index contributed by atoms with van der Waals surface area (Å²) in [5.41, 5.74) is 6.87. The number of amides is 1. The predicted octanol–water partition coefficient (Wildman–Crippen LogP) is 0.401. The lowest BCUT2D eigenvalue weighted by Crippen LogP contribution is -2.17. The topological polar surface area (TPSA) is 75.4 Å². The molecule has 4 N–H and O–H groups in total. The first-order chi connectivity index (χ1) is 5.31. The summed E-state index contributed by atoms with van der Waals surface area (Å²) in [6.45, 7) is 0.714. The summed E-state index contributed by atoms with van der Waals surface area (Å²) >= 11 is 0. The Bertz CT molecular complexity index is 107. The molecule has 0 aromatic rings. The van der Waals surface area contributed by atoms with Gasteiger partial charge in [0, 0.05) is 6.42 Å². The van der Waals surface area contributed by atoms with E-state index < -0.39 is 0 Å². The highest BCUT2D eigenvalue weighted by Crippen LogP contribution is 2.01. The van der Waals surface area contributed by atoms with Gasteiger partial charge in [0.15, 0.2) is 0 Å². The van der Waals surface area contributed by atoms with Crippen molar-refractivity contribution in [3.05, 3.63) is 0 Å². The molecule has 0 radical (unpaired) electrons. The largest absolute Gasteiger partial charge is 0.330 e. The van der Waals surface area contributed by atoms with E-state index in [0.717, 1.165) is 25.7 Å². The van der Waals surface area contributed by atoms with E-state index in [2.05, 4.69) is 0 Å². The molecule has 0 unspecified atom stereocenters. The second-order valence-electron chi connectivity index (χ2n) is 2.49. The molecule has 0 bridgehead atoms. The minimum Gasteiger partial charge on any atom is -0.330 e. The normalized spacial score (nSPS) is 9.64. The number of hydroxylamine groups is 1. The van der Waals surface area contributed by atoms with Gasteiger partial charge in [0.1, 0.15) is 0 Å². The lowest BCUT2D eigenvalue weighted by atomic mass is 10.1. The quantitative estimate of drug-likeness (QED) is 0.299. The maximum absolute atomic E-state index is 10.5. The molecule has 0 aromatic carbocycles. The maximum Gasteiger partial charge on any atom is 0.243 e.